The predicted octanol–water partition coefficient (Wildman–Crippen LogP) is 3.09. The normalized spacial score (nSPS) is 15.6. The molecule has 13 heavy (non-hydrogen) atoms. The second-order valence-corrected chi connectivity index (χ2v) is 4.93. The van der Waals surface area contributed by atoms with Crippen molar-refractivity contribution in [2.75, 3.05) is 6.61 Å². The van der Waals surface area contributed by atoms with Crippen molar-refractivity contribution in [2.45, 2.75) is 33.1 Å². The van der Waals surface area contributed by atoms with Gasteiger partial charge in [-0.1, -0.05) is 19.9 Å². The van der Waals surface area contributed by atoms with Gasteiger partial charge in [-0.2, -0.15) is 0 Å². The SMILES string of the molecule is CCC(C)(CO)CCc1cccs1. The molecule has 0 aliphatic rings. The zero-order chi connectivity index (χ0) is 9.73. The number of hydrogen-bond donors (Lipinski definition) is 1. The largest absolute Gasteiger partial charge is 0.396 e. The van der Waals surface area contributed by atoms with Gasteiger partial charge in [0, 0.05) is 11.5 Å². The van der Waals surface area contributed by atoms with Crippen LogP contribution in [0, 0.1) is 5.41 Å². The molecule has 1 nitrogen and oxygen atoms in total. The minimum absolute atomic E-state index is 0.115. The third-order valence-electron chi connectivity index (χ3n) is 2.79. The molecule has 0 spiro atoms. The molecule has 1 heterocycles. The van der Waals surface area contributed by atoms with Gasteiger partial charge in [0.05, 0.1) is 0 Å². The second kappa shape index (κ2) is 4.77. The first kappa shape index (κ1) is 10.7. The Morgan fingerprint density at radius 2 is 2.31 bits per heavy atom. The average Bonchev–Trinajstić information content (AvgIpc) is 2.67. The van der Waals surface area contributed by atoms with E-state index in [4.69, 9.17) is 0 Å². The lowest BCUT2D eigenvalue weighted by atomic mass is 9.83. The van der Waals surface area contributed by atoms with Crippen molar-refractivity contribution in [3.05, 3.63) is 22.4 Å². The fourth-order valence-corrected chi connectivity index (χ4v) is 1.96. The van der Waals surface area contributed by atoms with Crippen molar-refractivity contribution >= 4 is 11.3 Å². The van der Waals surface area contributed by atoms with Crippen molar-refractivity contribution < 1.29 is 5.11 Å². The van der Waals surface area contributed by atoms with Gasteiger partial charge in [-0.25, -0.2) is 0 Å². The molecular weight excluding hydrogens is 180 g/mol. The Balaban J connectivity index is 2.41. The number of hydrogen-bond acceptors (Lipinski definition) is 2. The molecule has 1 rings (SSSR count). The summed E-state index contributed by atoms with van der Waals surface area (Å²) in [6.45, 7) is 4.60. The summed E-state index contributed by atoms with van der Waals surface area (Å²) in [5.74, 6) is 0. The summed E-state index contributed by atoms with van der Waals surface area (Å²) in [5, 5.41) is 11.3. The van der Waals surface area contributed by atoms with Gasteiger partial charge in [0.2, 0.25) is 0 Å². The van der Waals surface area contributed by atoms with Gasteiger partial charge < -0.3 is 5.11 Å². The summed E-state index contributed by atoms with van der Waals surface area (Å²) in [6, 6.07) is 4.25. The van der Waals surface area contributed by atoms with Crippen LogP contribution in [0.25, 0.3) is 0 Å². The fraction of sp³-hybridized carbons (Fsp3) is 0.636. The lowest BCUT2D eigenvalue weighted by Gasteiger charge is -2.24. The van der Waals surface area contributed by atoms with Gasteiger partial charge in [-0.3, -0.25) is 0 Å². The van der Waals surface area contributed by atoms with Crippen molar-refractivity contribution in [2.24, 2.45) is 5.41 Å². The summed E-state index contributed by atoms with van der Waals surface area (Å²) in [5.41, 5.74) is 0.115. The van der Waals surface area contributed by atoms with Crippen LogP contribution in [-0.4, -0.2) is 11.7 Å². The molecular formula is C11H18OS. The van der Waals surface area contributed by atoms with Crippen LogP contribution in [0.5, 0.6) is 0 Å². The van der Waals surface area contributed by atoms with E-state index in [9.17, 15) is 5.11 Å². The zero-order valence-corrected chi connectivity index (χ0v) is 9.23. The minimum Gasteiger partial charge on any atom is -0.396 e. The van der Waals surface area contributed by atoms with E-state index < -0.39 is 0 Å². The van der Waals surface area contributed by atoms with Gasteiger partial charge in [-0.05, 0) is 36.1 Å². The first-order valence-corrected chi connectivity index (χ1v) is 5.71. The molecule has 0 saturated heterocycles. The number of aliphatic hydroxyl groups is 1. The number of aliphatic hydroxyl groups excluding tert-OH is 1. The maximum absolute atomic E-state index is 9.22. The topological polar surface area (TPSA) is 20.2 Å². The number of thiophene rings is 1. The van der Waals surface area contributed by atoms with Crippen LogP contribution in [0.4, 0.5) is 0 Å². The number of aryl methyl sites for hydroxylation is 1. The van der Waals surface area contributed by atoms with Gasteiger partial charge in [0.1, 0.15) is 0 Å². The van der Waals surface area contributed by atoms with Gasteiger partial charge in [-0.15, -0.1) is 11.3 Å². The Morgan fingerprint density at radius 1 is 1.54 bits per heavy atom. The molecule has 1 unspecified atom stereocenters. The fourth-order valence-electron chi connectivity index (χ4n) is 1.25. The summed E-state index contributed by atoms with van der Waals surface area (Å²) in [4.78, 5) is 1.42. The summed E-state index contributed by atoms with van der Waals surface area (Å²) < 4.78 is 0. The molecule has 0 radical (unpaired) electrons. The van der Waals surface area contributed by atoms with Crippen molar-refractivity contribution in [3.63, 3.8) is 0 Å². The second-order valence-electron chi connectivity index (χ2n) is 3.90. The van der Waals surface area contributed by atoms with Crippen molar-refractivity contribution in [1.82, 2.24) is 0 Å². The first-order chi connectivity index (χ1) is 6.20. The predicted molar refractivity (Wildman–Crippen MR) is 58.1 cm³/mol. The average molecular weight is 198 g/mol. The molecule has 1 aromatic heterocycles. The Bertz CT molecular complexity index is 224. The molecule has 0 aliphatic carbocycles. The molecule has 0 aromatic carbocycles. The maximum Gasteiger partial charge on any atom is 0.0484 e. The van der Waals surface area contributed by atoms with Crippen molar-refractivity contribution in [1.29, 1.82) is 0 Å². The summed E-state index contributed by atoms with van der Waals surface area (Å²) in [7, 11) is 0. The van der Waals surface area contributed by atoms with E-state index >= 15 is 0 Å². The van der Waals surface area contributed by atoms with E-state index in [0.717, 1.165) is 19.3 Å². The molecule has 1 N–H and O–H groups in total. The minimum atomic E-state index is 0.115. The Labute approximate surface area is 84.4 Å². The van der Waals surface area contributed by atoms with E-state index in [1.807, 2.05) is 0 Å². The highest BCUT2D eigenvalue weighted by atomic mass is 32.1. The highest BCUT2D eigenvalue weighted by molar-refractivity contribution is 7.09. The van der Waals surface area contributed by atoms with Crippen LogP contribution in [-0.2, 0) is 6.42 Å². The van der Waals surface area contributed by atoms with E-state index in [2.05, 4.69) is 31.4 Å². The van der Waals surface area contributed by atoms with Crippen molar-refractivity contribution in [3.8, 4) is 0 Å². The lowest BCUT2D eigenvalue weighted by Crippen LogP contribution is -2.20. The standard InChI is InChI=1S/C11H18OS/c1-3-11(2,9-12)7-6-10-5-4-8-13-10/h4-5,8,12H,3,6-7,9H2,1-2H3. The molecule has 2 heteroatoms. The van der Waals surface area contributed by atoms with E-state index in [0.29, 0.717) is 6.61 Å². The lowest BCUT2D eigenvalue weighted by molar-refractivity contribution is 0.129. The molecule has 0 fully saturated rings. The first-order valence-electron chi connectivity index (χ1n) is 4.83. The van der Waals surface area contributed by atoms with E-state index in [1.54, 1.807) is 11.3 Å². The monoisotopic (exact) mass is 198 g/mol. The Hall–Kier alpha value is -0.340. The highest BCUT2D eigenvalue weighted by Gasteiger charge is 2.20. The molecule has 0 amide bonds. The van der Waals surface area contributed by atoms with Gasteiger partial charge in [0.25, 0.3) is 0 Å². The maximum atomic E-state index is 9.22. The molecule has 74 valence electrons. The smallest absolute Gasteiger partial charge is 0.0484 e. The third kappa shape index (κ3) is 3.12. The van der Waals surface area contributed by atoms with Crippen LogP contribution in [0.2, 0.25) is 0 Å². The van der Waals surface area contributed by atoms with E-state index in [-0.39, 0.29) is 5.41 Å². The molecule has 0 saturated carbocycles. The van der Waals surface area contributed by atoms with Crippen LogP contribution in [0.15, 0.2) is 17.5 Å². The van der Waals surface area contributed by atoms with Crippen LogP contribution in [0.3, 0.4) is 0 Å². The summed E-state index contributed by atoms with van der Waals surface area (Å²) in [6.07, 6.45) is 3.23. The highest BCUT2D eigenvalue weighted by Crippen LogP contribution is 2.27. The summed E-state index contributed by atoms with van der Waals surface area (Å²) >= 11 is 1.80. The Morgan fingerprint density at radius 3 is 2.77 bits per heavy atom. The van der Waals surface area contributed by atoms with Crippen LogP contribution >= 0.6 is 11.3 Å². The van der Waals surface area contributed by atoms with Crippen LogP contribution in [0.1, 0.15) is 31.6 Å². The van der Waals surface area contributed by atoms with Gasteiger partial charge >= 0.3 is 0 Å². The van der Waals surface area contributed by atoms with Gasteiger partial charge in [0.15, 0.2) is 0 Å². The quantitative estimate of drug-likeness (QED) is 0.771. The number of rotatable bonds is 5. The molecule has 1 atom stereocenters. The Kier molecular flexibility index (Phi) is 3.94. The molecule has 0 aliphatic heterocycles. The third-order valence-corrected chi connectivity index (χ3v) is 3.73. The van der Waals surface area contributed by atoms with E-state index in [1.165, 1.54) is 4.88 Å². The van der Waals surface area contributed by atoms with Crippen LogP contribution < -0.4 is 0 Å². The zero-order valence-electron chi connectivity index (χ0n) is 8.42. The molecule has 0 bridgehead atoms. The molecule has 1 aromatic rings.